The van der Waals surface area contributed by atoms with Crippen LogP contribution in [0, 0.1) is 0 Å². The summed E-state index contributed by atoms with van der Waals surface area (Å²) in [5.41, 5.74) is 4.21. The topological polar surface area (TPSA) is 0 Å². The summed E-state index contributed by atoms with van der Waals surface area (Å²) in [6.45, 7) is 6.42. The van der Waals surface area contributed by atoms with E-state index < -0.39 is 0 Å². The molecule has 0 atom stereocenters. The van der Waals surface area contributed by atoms with Gasteiger partial charge in [-0.15, -0.1) is 0 Å². The van der Waals surface area contributed by atoms with E-state index in [2.05, 4.69) is 39.0 Å². The van der Waals surface area contributed by atoms with Crippen LogP contribution in [0.25, 0.3) is 0 Å². The van der Waals surface area contributed by atoms with Gasteiger partial charge >= 0.3 is 0 Å². The summed E-state index contributed by atoms with van der Waals surface area (Å²) in [5.74, 6) is 0. The van der Waals surface area contributed by atoms with E-state index in [1.807, 2.05) is 0 Å². The molecule has 0 unspecified atom stereocenters. The van der Waals surface area contributed by atoms with Gasteiger partial charge in [-0.25, -0.2) is 0 Å². The van der Waals surface area contributed by atoms with Crippen molar-refractivity contribution in [2.75, 3.05) is 0 Å². The predicted octanol–water partition coefficient (Wildman–Crippen LogP) is 3.23. The summed E-state index contributed by atoms with van der Waals surface area (Å²) in [7, 11) is 0. The Morgan fingerprint density at radius 3 is 2.60 bits per heavy atom. The third-order valence-electron chi connectivity index (χ3n) is 1.53. The number of hydrogen-bond acceptors (Lipinski definition) is 0. The van der Waals surface area contributed by atoms with Crippen molar-refractivity contribution in [3.05, 3.63) is 34.9 Å². The van der Waals surface area contributed by atoms with Crippen LogP contribution in [0.15, 0.2) is 34.9 Å². The molecule has 0 N–H and O–H groups in total. The minimum Gasteiger partial charge on any atom is -0.0759 e. The molecule has 0 heterocycles. The van der Waals surface area contributed by atoms with Crippen LogP contribution in [0.4, 0.5) is 0 Å². The quantitative estimate of drug-likeness (QED) is 0.516. The Balaban J connectivity index is 2.69. The van der Waals surface area contributed by atoms with Crippen LogP contribution in [0.2, 0.25) is 0 Å². The minimum atomic E-state index is 1.14. The molecular weight excluding hydrogens is 120 g/mol. The molecule has 0 saturated carbocycles. The van der Waals surface area contributed by atoms with E-state index in [1.165, 1.54) is 16.7 Å². The second kappa shape index (κ2) is 2.87. The zero-order valence-corrected chi connectivity index (χ0v) is 6.94. The minimum absolute atomic E-state index is 1.14. The zero-order valence-electron chi connectivity index (χ0n) is 6.94. The first-order valence-corrected chi connectivity index (χ1v) is 3.71. The fourth-order valence-electron chi connectivity index (χ4n) is 1.12. The van der Waals surface area contributed by atoms with Crippen LogP contribution in [0.1, 0.15) is 27.2 Å². The smallest absolute Gasteiger partial charge is 0.0129 e. The van der Waals surface area contributed by atoms with Crippen molar-refractivity contribution in [3.63, 3.8) is 0 Å². The van der Waals surface area contributed by atoms with Crippen molar-refractivity contribution in [1.29, 1.82) is 0 Å². The van der Waals surface area contributed by atoms with Crippen molar-refractivity contribution < 1.29 is 0 Å². The van der Waals surface area contributed by atoms with E-state index in [-0.39, 0.29) is 0 Å². The van der Waals surface area contributed by atoms with E-state index in [4.69, 9.17) is 0 Å². The lowest BCUT2D eigenvalue weighted by molar-refractivity contribution is 1.25. The van der Waals surface area contributed by atoms with Gasteiger partial charge in [-0.05, 0) is 32.8 Å². The fraction of sp³-hybridized carbons (Fsp3) is 0.400. The van der Waals surface area contributed by atoms with E-state index in [1.54, 1.807) is 0 Å². The average Bonchev–Trinajstić information content (AvgIpc) is 2.13. The highest BCUT2D eigenvalue weighted by molar-refractivity contribution is 5.40. The van der Waals surface area contributed by atoms with Gasteiger partial charge in [-0.1, -0.05) is 29.4 Å². The maximum absolute atomic E-state index is 2.27. The van der Waals surface area contributed by atoms with Gasteiger partial charge in [0.25, 0.3) is 0 Å². The monoisotopic (exact) mass is 134 g/mol. The predicted molar refractivity (Wildman–Crippen MR) is 45.9 cm³/mol. The summed E-state index contributed by atoms with van der Waals surface area (Å²) in [6, 6.07) is 0. The highest BCUT2D eigenvalue weighted by Gasteiger charge is 1.98. The first kappa shape index (κ1) is 7.33. The van der Waals surface area contributed by atoms with Crippen molar-refractivity contribution in [1.82, 2.24) is 0 Å². The molecule has 0 radical (unpaired) electrons. The lowest BCUT2D eigenvalue weighted by Gasteiger charge is -1.88. The summed E-state index contributed by atoms with van der Waals surface area (Å²) >= 11 is 0. The molecular formula is C10H14. The Hall–Kier alpha value is -0.780. The molecule has 0 bridgehead atoms. The van der Waals surface area contributed by atoms with Crippen LogP contribution in [-0.4, -0.2) is 0 Å². The molecule has 0 aromatic rings. The zero-order chi connectivity index (χ0) is 7.56. The Morgan fingerprint density at radius 1 is 1.50 bits per heavy atom. The molecule has 0 fully saturated rings. The molecule has 1 aliphatic rings. The van der Waals surface area contributed by atoms with Gasteiger partial charge in [0.1, 0.15) is 0 Å². The number of rotatable bonds is 1. The van der Waals surface area contributed by atoms with Gasteiger partial charge in [0.05, 0.1) is 0 Å². The van der Waals surface area contributed by atoms with Crippen LogP contribution in [-0.2, 0) is 0 Å². The van der Waals surface area contributed by atoms with E-state index in [0.717, 1.165) is 6.42 Å². The van der Waals surface area contributed by atoms with Gasteiger partial charge < -0.3 is 0 Å². The molecule has 0 aliphatic heterocycles. The Labute approximate surface area is 62.9 Å². The van der Waals surface area contributed by atoms with Crippen molar-refractivity contribution in [2.45, 2.75) is 27.2 Å². The van der Waals surface area contributed by atoms with Gasteiger partial charge in [0, 0.05) is 0 Å². The van der Waals surface area contributed by atoms with E-state index >= 15 is 0 Å². The van der Waals surface area contributed by atoms with Crippen LogP contribution in [0.5, 0.6) is 0 Å². The normalized spacial score (nSPS) is 16.3. The SMILES string of the molecule is CC(C)=CC1=CCC(C)=C1. The van der Waals surface area contributed by atoms with E-state index in [0.29, 0.717) is 0 Å². The largest absolute Gasteiger partial charge is 0.0759 e. The van der Waals surface area contributed by atoms with Crippen molar-refractivity contribution >= 4 is 0 Å². The molecule has 0 spiro atoms. The highest BCUT2D eigenvalue weighted by atomic mass is 14.0. The van der Waals surface area contributed by atoms with Crippen molar-refractivity contribution in [2.24, 2.45) is 0 Å². The second-order valence-corrected chi connectivity index (χ2v) is 3.12. The molecule has 0 aromatic carbocycles. The first-order valence-electron chi connectivity index (χ1n) is 3.71. The first-order chi connectivity index (χ1) is 4.68. The standard InChI is InChI=1S/C10H14/c1-8(2)6-10-5-4-9(3)7-10/h5-7H,4H2,1-3H3. The number of hydrogen-bond donors (Lipinski definition) is 0. The van der Waals surface area contributed by atoms with E-state index in [9.17, 15) is 0 Å². The third-order valence-corrected chi connectivity index (χ3v) is 1.53. The summed E-state index contributed by atoms with van der Waals surface area (Å²) in [5, 5.41) is 0. The second-order valence-electron chi connectivity index (χ2n) is 3.12. The third kappa shape index (κ3) is 1.87. The summed E-state index contributed by atoms with van der Waals surface area (Å²) in [4.78, 5) is 0. The van der Waals surface area contributed by atoms with Crippen LogP contribution in [0.3, 0.4) is 0 Å². The Bertz CT molecular complexity index is 210. The van der Waals surface area contributed by atoms with Gasteiger partial charge in [0.15, 0.2) is 0 Å². The molecule has 10 heavy (non-hydrogen) atoms. The molecule has 0 heteroatoms. The average molecular weight is 134 g/mol. The lowest BCUT2D eigenvalue weighted by Crippen LogP contribution is -1.68. The Kier molecular flexibility index (Phi) is 2.10. The maximum atomic E-state index is 2.27. The van der Waals surface area contributed by atoms with Crippen molar-refractivity contribution in [3.8, 4) is 0 Å². The summed E-state index contributed by atoms with van der Waals surface area (Å²) in [6.07, 6.45) is 7.87. The Morgan fingerprint density at radius 2 is 2.20 bits per heavy atom. The fourth-order valence-corrected chi connectivity index (χ4v) is 1.12. The molecule has 0 aromatic heterocycles. The summed E-state index contributed by atoms with van der Waals surface area (Å²) < 4.78 is 0. The molecule has 54 valence electrons. The molecule has 0 amide bonds. The molecule has 0 nitrogen and oxygen atoms in total. The molecule has 1 rings (SSSR count). The van der Waals surface area contributed by atoms with Gasteiger partial charge in [-0.2, -0.15) is 0 Å². The number of allylic oxidation sites excluding steroid dienone is 6. The molecule has 0 saturated heterocycles. The molecule has 1 aliphatic carbocycles. The highest BCUT2D eigenvalue weighted by Crippen LogP contribution is 2.18. The van der Waals surface area contributed by atoms with Gasteiger partial charge in [-0.3, -0.25) is 0 Å². The van der Waals surface area contributed by atoms with Crippen LogP contribution >= 0.6 is 0 Å². The maximum Gasteiger partial charge on any atom is -0.0129 e. The van der Waals surface area contributed by atoms with Gasteiger partial charge in [0.2, 0.25) is 0 Å². The lowest BCUT2D eigenvalue weighted by atomic mass is 10.2. The van der Waals surface area contributed by atoms with Crippen LogP contribution < -0.4 is 0 Å².